The number of amides is 1. The molecule has 0 saturated carbocycles. The summed E-state index contributed by atoms with van der Waals surface area (Å²) in [5, 5.41) is -0.0906. The van der Waals surface area contributed by atoms with Crippen LogP contribution in [0.4, 0.5) is 0 Å². The van der Waals surface area contributed by atoms with Crippen molar-refractivity contribution in [2.75, 3.05) is 0 Å². The highest BCUT2D eigenvalue weighted by Gasteiger charge is 2.23. The standard InChI is InChI=1S/C15H13ClN2O4S/c1-9-3-6-13(17-8-9)15(20)18-23(21,22)14-7-11(10(2)19)4-5-12(14)16/h3-8H,1-2H3,(H,18,20). The van der Waals surface area contributed by atoms with Gasteiger partial charge in [-0.15, -0.1) is 0 Å². The van der Waals surface area contributed by atoms with Crippen LogP contribution >= 0.6 is 11.6 Å². The van der Waals surface area contributed by atoms with E-state index in [1.807, 2.05) is 4.72 Å². The van der Waals surface area contributed by atoms with Crippen LogP contribution in [-0.2, 0) is 10.0 Å². The highest BCUT2D eigenvalue weighted by atomic mass is 35.5. The Labute approximate surface area is 138 Å². The van der Waals surface area contributed by atoms with Gasteiger partial charge in [-0.1, -0.05) is 17.7 Å². The molecule has 0 spiro atoms. The Morgan fingerprint density at radius 2 is 1.87 bits per heavy atom. The third kappa shape index (κ3) is 3.94. The molecule has 0 aliphatic heterocycles. The number of benzene rings is 1. The lowest BCUT2D eigenvalue weighted by Gasteiger charge is -2.09. The minimum absolute atomic E-state index is 0.0435. The second-order valence-corrected chi connectivity index (χ2v) is 6.91. The summed E-state index contributed by atoms with van der Waals surface area (Å²) in [4.78, 5) is 26.9. The van der Waals surface area contributed by atoms with E-state index in [9.17, 15) is 18.0 Å². The monoisotopic (exact) mass is 352 g/mol. The smallest absolute Gasteiger partial charge is 0.283 e. The molecule has 23 heavy (non-hydrogen) atoms. The molecule has 120 valence electrons. The van der Waals surface area contributed by atoms with Crippen LogP contribution in [0.1, 0.15) is 33.3 Å². The van der Waals surface area contributed by atoms with Crippen LogP contribution < -0.4 is 4.72 Å². The minimum atomic E-state index is -4.23. The second kappa shape index (κ2) is 6.47. The van der Waals surface area contributed by atoms with Crippen LogP contribution in [0.25, 0.3) is 0 Å². The average molecular weight is 353 g/mol. The second-order valence-electron chi connectivity index (χ2n) is 4.86. The van der Waals surface area contributed by atoms with Crippen LogP contribution in [0, 0.1) is 6.92 Å². The van der Waals surface area contributed by atoms with E-state index in [4.69, 9.17) is 11.6 Å². The van der Waals surface area contributed by atoms with Gasteiger partial charge in [0.05, 0.1) is 5.02 Å². The van der Waals surface area contributed by atoms with Gasteiger partial charge in [0.2, 0.25) is 0 Å². The summed E-state index contributed by atoms with van der Waals surface area (Å²) in [6, 6.07) is 6.88. The number of aromatic nitrogens is 1. The van der Waals surface area contributed by atoms with Crippen LogP contribution in [0.3, 0.4) is 0 Å². The van der Waals surface area contributed by atoms with Crippen LogP contribution in [-0.4, -0.2) is 25.1 Å². The maximum absolute atomic E-state index is 12.3. The number of pyridine rings is 1. The lowest BCUT2D eigenvalue weighted by Crippen LogP contribution is -2.31. The average Bonchev–Trinajstić information content (AvgIpc) is 2.47. The first-order valence-corrected chi connectivity index (χ1v) is 8.37. The van der Waals surface area contributed by atoms with E-state index in [0.29, 0.717) is 0 Å². The zero-order valence-corrected chi connectivity index (χ0v) is 13.9. The molecule has 0 fully saturated rings. The number of hydrogen-bond acceptors (Lipinski definition) is 5. The Kier molecular flexibility index (Phi) is 4.82. The first-order chi connectivity index (χ1) is 10.7. The number of Topliss-reactive ketones (excluding diaryl/α,β-unsaturated/α-hetero) is 1. The molecule has 1 aromatic carbocycles. The van der Waals surface area contributed by atoms with E-state index < -0.39 is 15.9 Å². The number of nitrogens with one attached hydrogen (secondary N) is 1. The topological polar surface area (TPSA) is 93.2 Å². The summed E-state index contributed by atoms with van der Waals surface area (Å²) in [7, 11) is -4.23. The van der Waals surface area contributed by atoms with Crippen LogP contribution in [0.2, 0.25) is 5.02 Å². The maximum Gasteiger partial charge on any atom is 0.283 e. The number of halogens is 1. The largest absolute Gasteiger partial charge is 0.295 e. The van der Waals surface area contributed by atoms with E-state index in [2.05, 4.69) is 4.98 Å². The predicted molar refractivity (Wildman–Crippen MR) is 85.1 cm³/mol. The van der Waals surface area contributed by atoms with Gasteiger partial charge in [-0.2, -0.15) is 0 Å². The number of aryl methyl sites for hydroxylation is 1. The van der Waals surface area contributed by atoms with Gasteiger partial charge >= 0.3 is 0 Å². The number of hydrogen-bond donors (Lipinski definition) is 1. The Balaban J connectivity index is 2.35. The molecule has 0 aliphatic carbocycles. The molecule has 0 unspecified atom stereocenters. The highest BCUT2D eigenvalue weighted by molar-refractivity contribution is 7.90. The first kappa shape index (κ1) is 17.1. The number of nitrogens with zero attached hydrogens (tertiary/aromatic N) is 1. The molecule has 0 saturated heterocycles. The third-order valence-corrected chi connectivity index (χ3v) is 4.81. The molecule has 0 radical (unpaired) electrons. The van der Waals surface area contributed by atoms with Crippen LogP contribution in [0.15, 0.2) is 41.4 Å². The molecule has 1 N–H and O–H groups in total. The fraction of sp³-hybridized carbons (Fsp3) is 0.133. The third-order valence-electron chi connectivity index (χ3n) is 3.00. The number of sulfonamides is 1. The van der Waals surface area contributed by atoms with Crippen molar-refractivity contribution in [1.82, 2.24) is 9.71 Å². The molecule has 1 aromatic heterocycles. The van der Waals surface area contributed by atoms with Crippen molar-refractivity contribution in [2.45, 2.75) is 18.7 Å². The van der Waals surface area contributed by atoms with Crippen molar-refractivity contribution >= 4 is 33.3 Å². The molecular weight excluding hydrogens is 340 g/mol. The van der Waals surface area contributed by atoms with Gasteiger partial charge in [0.15, 0.2) is 5.78 Å². The quantitative estimate of drug-likeness (QED) is 0.852. The fourth-order valence-corrected chi connectivity index (χ4v) is 3.25. The van der Waals surface area contributed by atoms with Gasteiger partial charge in [-0.3, -0.25) is 14.6 Å². The molecule has 0 bridgehead atoms. The highest BCUT2D eigenvalue weighted by Crippen LogP contribution is 2.23. The Hall–Kier alpha value is -2.25. The van der Waals surface area contributed by atoms with Gasteiger partial charge in [-0.25, -0.2) is 13.1 Å². The zero-order valence-electron chi connectivity index (χ0n) is 12.3. The van der Waals surface area contributed by atoms with E-state index in [1.165, 1.54) is 31.3 Å². The number of ketones is 1. The molecule has 2 rings (SSSR count). The predicted octanol–water partition coefficient (Wildman–Crippen LogP) is 2.36. The van der Waals surface area contributed by atoms with Crippen molar-refractivity contribution in [3.05, 3.63) is 58.4 Å². The van der Waals surface area contributed by atoms with Crippen molar-refractivity contribution in [3.63, 3.8) is 0 Å². The summed E-state index contributed by atoms with van der Waals surface area (Å²) in [5.41, 5.74) is 0.968. The molecule has 2 aromatic rings. The lowest BCUT2D eigenvalue weighted by atomic mass is 10.1. The Morgan fingerprint density at radius 3 is 2.43 bits per heavy atom. The fourth-order valence-electron chi connectivity index (χ4n) is 1.76. The van der Waals surface area contributed by atoms with Gasteiger partial charge in [0, 0.05) is 11.8 Å². The Bertz CT molecular complexity index is 877. The Morgan fingerprint density at radius 1 is 1.17 bits per heavy atom. The zero-order chi connectivity index (χ0) is 17.2. The van der Waals surface area contributed by atoms with E-state index in [1.54, 1.807) is 13.0 Å². The lowest BCUT2D eigenvalue weighted by molar-refractivity contribution is 0.0975. The molecule has 8 heteroatoms. The first-order valence-electron chi connectivity index (χ1n) is 6.51. The molecule has 1 heterocycles. The van der Waals surface area contributed by atoms with Gasteiger partial charge < -0.3 is 0 Å². The summed E-state index contributed by atoms with van der Waals surface area (Å²) < 4.78 is 26.5. The van der Waals surface area contributed by atoms with E-state index in [0.717, 1.165) is 11.6 Å². The van der Waals surface area contributed by atoms with Crippen LogP contribution in [0.5, 0.6) is 0 Å². The molecule has 1 amide bonds. The van der Waals surface area contributed by atoms with E-state index >= 15 is 0 Å². The summed E-state index contributed by atoms with van der Waals surface area (Å²) >= 11 is 5.88. The van der Waals surface area contributed by atoms with Crippen molar-refractivity contribution in [2.24, 2.45) is 0 Å². The normalized spacial score (nSPS) is 11.1. The minimum Gasteiger partial charge on any atom is -0.295 e. The molecule has 0 atom stereocenters. The summed E-state index contributed by atoms with van der Waals surface area (Å²) in [6.07, 6.45) is 1.45. The van der Waals surface area contributed by atoms with Crippen molar-refractivity contribution in [3.8, 4) is 0 Å². The molecule has 6 nitrogen and oxygen atoms in total. The number of carbonyl (C=O) groups is 2. The molecular formula is C15H13ClN2O4S. The van der Waals surface area contributed by atoms with Crippen molar-refractivity contribution < 1.29 is 18.0 Å². The maximum atomic E-state index is 12.3. The SMILES string of the molecule is CC(=O)c1ccc(Cl)c(S(=O)(=O)NC(=O)c2ccc(C)cn2)c1. The summed E-state index contributed by atoms with van der Waals surface area (Å²) in [6.45, 7) is 3.09. The number of rotatable bonds is 4. The number of carbonyl (C=O) groups excluding carboxylic acids is 2. The van der Waals surface area contributed by atoms with Gasteiger partial charge in [0.25, 0.3) is 15.9 Å². The van der Waals surface area contributed by atoms with Gasteiger partial charge in [-0.05, 0) is 43.7 Å². The van der Waals surface area contributed by atoms with E-state index in [-0.39, 0.29) is 27.0 Å². The van der Waals surface area contributed by atoms with Gasteiger partial charge in [0.1, 0.15) is 10.6 Å². The summed E-state index contributed by atoms with van der Waals surface area (Å²) in [5.74, 6) is -1.20. The van der Waals surface area contributed by atoms with Crippen molar-refractivity contribution in [1.29, 1.82) is 0 Å². The molecule has 0 aliphatic rings.